The van der Waals surface area contributed by atoms with Crippen molar-refractivity contribution in [2.45, 2.75) is 32.0 Å². The molecule has 0 radical (unpaired) electrons. The summed E-state index contributed by atoms with van der Waals surface area (Å²) in [4.78, 5) is 0. The molecule has 1 rings (SSSR count). The highest BCUT2D eigenvalue weighted by molar-refractivity contribution is 6.30. The maximum Gasteiger partial charge on any atom is 0.105 e. The topological polar surface area (TPSA) is 40.5 Å². The quantitative estimate of drug-likeness (QED) is 0.809. The average Bonchev–Trinajstić information content (AvgIpc) is 2.17. The van der Waals surface area contributed by atoms with Crippen molar-refractivity contribution in [3.63, 3.8) is 0 Å². The van der Waals surface area contributed by atoms with Gasteiger partial charge in [0.25, 0.3) is 0 Å². The molecule has 0 aromatic heterocycles. The average molecular weight is 215 g/mol. The van der Waals surface area contributed by atoms with Gasteiger partial charge in [-0.25, -0.2) is 0 Å². The van der Waals surface area contributed by atoms with Gasteiger partial charge < -0.3 is 10.2 Å². The van der Waals surface area contributed by atoms with Crippen LogP contribution >= 0.6 is 11.6 Å². The van der Waals surface area contributed by atoms with E-state index < -0.39 is 12.2 Å². The van der Waals surface area contributed by atoms with Gasteiger partial charge in [-0.05, 0) is 24.1 Å². The highest BCUT2D eigenvalue weighted by Gasteiger charge is 2.17. The zero-order valence-electron chi connectivity index (χ0n) is 8.15. The third-order valence-corrected chi connectivity index (χ3v) is 2.37. The van der Waals surface area contributed by atoms with Crippen LogP contribution in [0.25, 0.3) is 0 Å². The molecule has 0 bridgehead atoms. The zero-order valence-corrected chi connectivity index (χ0v) is 8.91. The predicted molar refractivity (Wildman–Crippen MR) is 57.3 cm³/mol. The van der Waals surface area contributed by atoms with Gasteiger partial charge in [-0.1, -0.05) is 37.1 Å². The molecule has 2 unspecified atom stereocenters. The summed E-state index contributed by atoms with van der Waals surface area (Å²) in [5.41, 5.74) is 0.665. The van der Waals surface area contributed by atoms with Crippen LogP contribution in [0.1, 0.15) is 31.4 Å². The molecule has 0 fully saturated rings. The van der Waals surface area contributed by atoms with Crippen LogP contribution in [-0.2, 0) is 0 Å². The van der Waals surface area contributed by atoms with E-state index >= 15 is 0 Å². The Morgan fingerprint density at radius 1 is 1.36 bits per heavy atom. The molecule has 3 heteroatoms. The van der Waals surface area contributed by atoms with E-state index in [9.17, 15) is 10.2 Å². The van der Waals surface area contributed by atoms with Crippen molar-refractivity contribution >= 4 is 11.6 Å². The van der Waals surface area contributed by atoms with Gasteiger partial charge in [0, 0.05) is 5.02 Å². The summed E-state index contributed by atoms with van der Waals surface area (Å²) >= 11 is 5.78. The normalized spacial score (nSPS) is 15.1. The van der Waals surface area contributed by atoms with Crippen molar-refractivity contribution in [1.29, 1.82) is 0 Å². The summed E-state index contributed by atoms with van der Waals surface area (Å²) in [5, 5.41) is 19.9. The van der Waals surface area contributed by atoms with Gasteiger partial charge in [-0.3, -0.25) is 0 Å². The van der Waals surface area contributed by atoms with E-state index in [0.29, 0.717) is 17.0 Å². The van der Waals surface area contributed by atoms with E-state index in [2.05, 4.69) is 0 Å². The van der Waals surface area contributed by atoms with E-state index in [1.54, 1.807) is 24.3 Å². The largest absolute Gasteiger partial charge is 0.390 e. The first-order valence-corrected chi connectivity index (χ1v) is 5.14. The summed E-state index contributed by atoms with van der Waals surface area (Å²) in [5.74, 6) is 0. The molecule has 78 valence electrons. The van der Waals surface area contributed by atoms with Gasteiger partial charge >= 0.3 is 0 Å². The van der Waals surface area contributed by atoms with Crippen molar-refractivity contribution < 1.29 is 10.2 Å². The highest BCUT2D eigenvalue weighted by Crippen LogP contribution is 2.22. The van der Waals surface area contributed by atoms with Crippen molar-refractivity contribution in [2.24, 2.45) is 0 Å². The van der Waals surface area contributed by atoms with Crippen molar-refractivity contribution in [3.05, 3.63) is 34.9 Å². The molecule has 1 aromatic carbocycles. The lowest BCUT2D eigenvalue weighted by molar-refractivity contribution is 0.0131. The molecular formula is C11H15ClO2. The molecule has 2 nitrogen and oxygen atoms in total. The van der Waals surface area contributed by atoms with Crippen LogP contribution in [0.4, 0.5) is 0 Å². The van der Waals surface area contributed by atoms with Gasteiger partial charge in [0.1, 0.15) is 6.10 Å². The Bertz CT molecular complexity index is 288. The second-order valence-corrected chi connectivity index (χ2v) is 3.79. The molecule has 0 amide bonds. The summed E-state index contributed by atoms with van der Waals surface area (Å²) < 4.78 is 0. The maximum atomic E-state index is 9.74. The lowest BCUT2D eigenvalue weighted by atomic mass is 10.0. The summed E-state index contributed by atoms with van der Waals surface area (Å²) in [6, 6.07) is 6.93. The minimum Gasteiger partial charge on any atom is -0.390 e. The van der Waals surface area contributed by atoms with Gasteiger partial charge in [0.2, 0.25) is 0 Å². The van der Waals surface area contributed by atoms with Gasteiger partial charge in [-0.15, -0.1) is 0 Å². The molecule has 0 spiro atoms. The Morgan fingerprint density at radius 2 is 2.07 bits per heavy atom. The Hall–Kier alpha value is -0.570. The van der Waals surface area contributed by atoms with E-state index in [0.717, 1.165) is 6.42 Å². The third kappa shape index (κ3) is 2.98. The Morgan fingerprint density at radius 3 is 2.64 bits per heavy atom. The molecule has 14 heavy (non-hydrogen) atoms. The van der Waals surface area contributed by atoms with E-state index in [1.807, 2.05) is 6.92 Å². The molecule has 0 saturated heterocycles. The summed E-state index contributed by atoms with van der Waals surface area (Å²) in [7, 11) is 0. The van der Waals surface area contributed by atoms with E-state index in [1.165, 1.54) is 0 Å². The van der Waals surface area contributed by atoms with Crippen LogP contribution in [0.2, 0.25) is 5.02 Å². The maximum absolute atomic E-state index is 9.74. The molecule has 0 heterocycles. The highest BCUT2D eigenvalue weighted by atomic mass is 35.5. The Balaban J connectivity index is 2.73. The first-order chi connectivity index (χ1) is 6.65. The number of aliphatic hydroxyl groups is 2. The molecule has 0 aliphatic rings. The third-order valence-electron chi connectivity index (χ3n) is 2.14. The molecule has 2 N–H and O–H groups in total. The van der Waals surface area contributed by atoms with Crippen molar-refractivity contribution in [1.82, 2.24) is 0 Å². The summed E-state index contributed by atoms with van der Waals surface area (Å²) in [6.07, 6.45) is -0.112. The van der Waals surface area contributed by atoms with E-state index in [-0.39, 0.29) is 0 Å². The number of halogens is 1. The second-order valence-electron chi connectivity index (χ2n) is 3.36. The van der Waals surface area contributed by atoms with Crippen LogP contribution in [0, 0.1) is 0 Å². The Kier molecular flexibility index (Phi) is 4.39. The number of benzene rings is 1. The Labute approximate surface area is 89.1 Å². The standard InChI is InChI=1S/C11H15ClO2/c1-2-4-10(13)11(14)8-5-3-6-9(12)7-8/h3,5-7,10-11,13-14H,2,4H2,1H3. The van der Waals surface area contributed by atoms with Crippen molar-refractivity contribution in [3.8, 4) is 0 Å². The number of hydrogen-bond acceptors (Lipinski definition) is 2. The smallest absolute Gasteiger partial charge is 0.105 e. The fourth-order valence-corrected chi connectivity index (χ4v) is 1.57. The summed E-state index contributed by atoms with van der Waals surface area (Å²) in [6.45, 7) is 1.97. The first kappa shape index (κ1) is 11.5. The fourth-order valence-electron chi connectivity index (χ4n) is 1.37. The van der Waals surface area contributed by atoms with Crippen molar-refractivity contribution in [2.75, 3.05) is 0 Å². The molecular weight excluding hydrogens is 200 g/mol. The molecule has 0 aliphatic heterocycles. The van der Waals surface area contributed by atoms with Gasteiger partial charge in [-0.2, -0.15) is 0 Å². The van der Waals surface area contributed by atoms with Crippen LogP contribution in [0.15, 0.2) is 24.3 Å². The van der Waals surface area contributed by atoms with Crippen LogP contribution in [0.5, 0.6) is 0 Å². The molecule has 1 aromatic rings. The van der Waals surface area contributed by atoms with Gasteiger partial charge in [0.15, 0.2) is 0 Å². The van der Waals surface area contributed by atoms with Crippen LogP contribution in [0.3, 0.4) is 0 Å². The van der Waals surface area contributed by atoms with Gasteiger partial charge in [0.05, 0.1) is 6.10 Å². The number of aliphatic hydroxyl groups excluding tert-OH is 2. The first-order valence-electron chi connectivity index (χ1n) is 4.76. The number of rotatable bonds is 4. The second kappa shape index (κ2) is 5.35. The molecule has 0 aliphatic carbocycles. The minimum atomic E-state index is -0.839. The lowest BCUT2D eigenvalue weighted by Crippen LogP contribution is -2.17. The van der Waals surface area contributed by atoms with Crippen LogP contribution in [-0.4, -0.2) is 16.3 Å². The predicted octanol–water partition coefficient (Wildman–Crippen LogP) is 2.53. The fraction of sp³-hybridized carbons (Fsp3) is 0.455. The minimum absolute atomic E-state index is 0.574. The molecule has 2 atom stereocenters. The monoisotopic (exact) mass is 214 g/mol. The SMILES string of the molecule is CCCC(O)C(O)c1cccc(Cl)c1. The zero-order chi connectivity index (χ0) is 10.6. The van der Waals surface area contributed by atoms with Crippen LogP contribution < -0.4 is 0 Å². The lowest BCUT2D eigenvalue weighted by Gasteiger charge is -2.17. The molecule has 0 saturated carbocycles. The van der Waals surface area contributed by atoms with E-state index in [4.69, 9.17) is 11.6 Å². The number of hydrogen-bond donors (Lipinski definition) is 2.